The lowest BCUT2D eigenvalue weighted by Gasteiger charge is -2.12. The van der Waals surface area contributed by atoms with Gasteiger partial charge in [-0.15, -0.1) is 0 Å². The standard InChI is InChI=1S/C12H13F4NO2/c1-17-6-2-3-8-4-5-9(18-11(13)14)10(7-8)19-12(15)16/h2-5,7,11-12,17H,6H2,1H3. The van der Waals surface area contributed by atoms with E-state index < -0.39 is 24.7 Å². The van der Waals surface area contributed by atoms with Crippen LogP contribution in [0.25, 0.3) is 6.08 Å². The van der Waals surface area contributed by atoms with Crippen LogP contribution >= 0.6 is 0 Å². The second kappa shape index (κ2) is 7.63. The Morgan fingerprint density at radius 3 is 2.32 bits per heavy atom. The predicted octanol–water partition coefficient (Wildman–Crippen LogP) is 3.12. The predicted molar refractivity (Wildman–Crippen MR) is 62.7 cm³/mol. The van der Waals surface area contributed by atoms with Gasteiger partial charge >= 0.3 is 13.2 Å². The number of alkyl halides is 4. The Morgan fingerprint density at radius 1 is 1.11 bits per heavy atom. The Labute approximate surface area is 107 Å². The molecule has 1 rings (SSSR count). The van der Waals surface area contributed by atoms with Gasteiger partial charge in [-0.2, -0.15) is 17.6 Å². The summed E-state index contributed by atoms with van der Waals surface area (Å²) in [6.07, 6.45) is 3.39. The van der Waals surface area contributed by atoms with E-state index in [1.165, 1.54) is 12.1 Å². The van der Waals surface area contributed by atoms with Crippen LogP contribution in [0, 0.1) is 0 Å². The van der Waals surface area contributed by atoms with Crippen molar-refractivity contribution in [2.75, 3.05) is 13.6 Å². The number of ether oxygens (including phenoxy) is 2. The molecule has 1 aromatic rings. The third-order valence-electron chi connectivity index (χ3n) is 2.03. The SMILES string of the molecule is CNCC=Cc1ccc(OC(F)F)c(OC(F)F)c1. The maximum Gasteiger partial charge on any atom is 0.387 e. The zero-order valence-corrected chi connectivity index (χ0v) is 10.1. The van der Waals surface area contributed by atoms with Crippen molar-refractivity contribution >= 4 is 6.08 Å². The van der Waals surface area contributed by atoms with Crippen molar-refractivity contribution in [2.24, 2.45) is 0 Å². The second-order valence-corrected chi connectivity index (χ2v) is 3.42. The molecule has 7 heteroatoms. The van der Waals surface area contributed by atoms with E-state index >= 15 is 0 Å². The Kier molecular flexibility index (Phi) is 6.14. The van der Waals surface area contributed by atoms with Gasteiger partial charge in [-0.05, 0) is 24.7 Å². The van der Waals surface area contributed by atoms with Crippen molar-refractivity contribution in [2.45, 2.75) is 13.2 Å². The summed E-state index contributed by atoms with van der Waals surface area (Å²) in [7, 11) is 1.75. The van der Waals surface area contributed by atoms with E-state index in [0.717, 1.165) is 6.07 Å². The molecule has 1 aromatic carbocycles. The topological polar surface area (TPSA) is 30.5 Å². The van der Waals surface area contributed by atoms with Gasteiger partial charge in [-0.3, -0.25) is 0 Å². The molecule has 106 valence electrons. The van der Waals surface area contributed by atoms with Gasteiger partial charge in [0, 0.05) is 6.54 Å². The first-order valence-electron chi connectivity index (χ1n) is 5.37. The van der Waals surface area contributed by atoms with E-state index in [-0.39, 0.29) is 0 Å². The minimum Gasteiger partial charge on any atom is -0.431 e. The van der Waals surface area contributed by atoms with Crippen molar-refractivity contribution in [1.82, 2.24) is 5.32 Å². The largest absolute Gasteiger partial charge is 0.431 e. The molecular formula is C12H13F4NO2. The van der Waals surface area contributed by atoms with Gasteiger partial charge < -0.3 is 14.8 Å². The van der Waals surface area contributed by atoms with E-state index in [1.807, 2.05) is 0 Å². The molecule has 0 saturated heterocycles. The van der Waals surface area contributed by atoms with Gasteiger partial charge in [0.15, 0.2) is 11.5 Å². The molecule has 1 N–H and O–H groups in total. The van der Waals surface area contributed by atoms with E-state index in [0.29, 0.717) is 12.1 Å². The van der Waals surface area contributed by atoms with E-state index in [1.54, 1.807) is 19.2 Å². The number of nitrogens with one attached hydrogen (secondary N) is 1. The van der Waals surface area contributed by atoms with Crippen molar-refractivity contribution in [3.8, 4) is 11.5 Å². The Bertz CT molecular complexity index is 424. The zero-order valence-electron chi connectivity index (χ0n) is 10.1. The third-order valence-corrected chi connectivity index (χ3v) is 2.03. The third kappa shape index (κ3) is 5.60. The highest BCUT2D eigenvalue weighted by Gasteiger charge is 2.14. The van der Waals surface area contributed by atoms with Gasteiger partial charge in [-0.1, -0.05) is 18.2 Å². The summed E-state index contributed by atoms with van der Waals surface area (Å²) in [5.74, 6) is -0.858. The summed E-state index contributed by atoms with van der Waals surface area (Å²) in [5.41, 5.74) is 0.535. The van der Waals surface area contributed by atoms with Crippen molar-refractivity contribution in [3.63, 3.8) is 0 Å². The van der Waals surface area contributed by atoms with Crippen molar-refractivity contribution in [1.29, 1.82) is 0 Å². The van der Waals surface area contributed by atoms with Gasteiger partial charge in [0.25, 0.3) is 0 Å². The number of hydrogen-bond donors (Lipinski definition) is 1. The quantitative estimate of drug-likeness (QED) is 0.778. The molecule has 19 heavy (non-hydrogen) atoms. The zero-order chi connectivity index (χ0) is 14.3. The molecule has 0 radical (unpaired) electrons. The van der Waals surface area contributed by atoms with Crippen molar-refractivity contribution in [3.05, 3.63) is 29.8 Å². The van der Waals surface area contributed by atoms with Gasteiger partial charge in [-0.25, -0.2) is 0 Å². The lowest BCUT2D eigenvalue weighted by atomic mass is 10.2. The molecule has 0 unspecified atom stereocenters. The number of likely N-dealkylation sites (N-methyl/N-ethyl adjacent to an activating group) is 1. The highest BCUT2D eigenvalue weighted by Crippen LogP contribution is 2.31. The first kappa shape index (κ1) is 15.3. The lowest BCUT2D eigenvalue weighted by Crippen LogP contribution is -2.07. The number of rotatable bonds is 7. The van der Waals surface area contributed by atoms with Crippen LogP contribution in [0.5, 0.6) is 11.5 Å². The summed E-state index contributed by atoms with van der Waals surface area (Å²) in [6.45, 7) is -5.64. The van der Waals surface area contributed by atoms with E-state index in [9.17, 15) is 17.6 Å². The number of hydrogen-bond acceptors (Lipinski definition) is 3. The summed E-state index contributed by atoms with van der Waals surface area (Å²) in [4.78, 5) is 0. The van der Waals surface area contributed by atoms with Crippen molar-refractivity contribution < 1.29 is 27.0 Å². The van der Waals surface area contributed by atoms with Gasteiger partial charge in [0.2, 0.25) is 0 Å². The van der Waals surface area contributed by atoms with Crippen LogP contribution in [0.4, 0.5) is 17.6 Å². The van der Waals surface area contributed by atoms with Crippen LogP contribution in [0.1, 0.15) is 5.56 Å². The normalized spacial score (nSPS) is 11.5. The summed E-state index contributed by atoms with van der Waals surface area (Å²) in [5, 5.41) is 2.86. The van der Waals surface area contributed by atoms with Crippen LogP contribution < -0.4 is 14.8 Å². The summed E-state index contributed by atoms with van der Waals surface area (Å²) in [6, 6.07) is 3.82. The number of benzene rings is 1. The molecule has 0 aliphatic heterocycles. The molecule has 0 atom stereocenters. The first-order valence-corrected chi connectivity index (χ1v) is 5.37. The second-order valence-electron chi connectivity index (χ2n) is 3.42. The molecule has 0 amide bonds. The summed E-state index contributed by atoms with van der Waals surface area (Å²) < 4.78 is 56.8. The van der Waals surface area contributed by atoms with Crippen LogP contribution in [0.2, 0.25) is 0 Å². The average Bonchev–Trinajstić information content (AvgIpc) is 2.31. The lowest BCUT2D eigenvalue weighted by molar-refractivity contribution is -0.0692. The monoisotopic (exact) mass is 279 g/mol. The summed E-state index contributed by atoms with van der Waals surface area (Å²) >= 11 is 0. The molecule has 0 fully saturated rings. The molecule has 0 aliphatic rings. The Balaban J connectivity index is 2.93. The number of halogens is 4. The Hall–Kier alpha value is -1.76. The molecule has 0 spiro atoms. The fourth-order valence-corrected chi connectivity index (χ4v) is 1.32. The van der Waals surface area contributed by atoms with Crippen LogP contribution in [-0.2, 0) is 0 Å². The average molecular weight is 279 g/mol. The van der Waals surface area contributed by atoms with E-state index in [2.05, 4.69) is 14.8 Å². The molecular weight excluding hydrogens is 266 g/mol. The van der Waals surface area contributed by atoms with Crippen LogP contribution in [0.15, 0.2) is 24.3 Å². The smallest absolute Gasteiger partial charge is 0.387 e. The molecule has 0 heterocycles. The highest BCUT2D eigenvalue weighted by atomic mass is 19.3. The first-order chi connectivity index (χ1) is 9.02. The maximum atomic E-state index is 12.2. The fraction of sp³-hybridized carbons (Fsp3) is 0.333. The molecule has 0 aliphatic carbocycles. The van der Waals surface area contributed by atoms with Gasteiger partial charge in [0.1, 0.15) is 0 Å². The molecule has 3 nitrogen and oxygen atoms in total. The van der Waals surface area contributed by atoms with E-state index in [4.69, 9.17) is 0 Å². The van der Waals surface area contributed by atoms with Crippen LogP contribution in [0.3, 0.4) is 0 Å². The van der Waals surface area contributed by atoms with Crippen LogP contribution in [-0.4, -0.2) is 26.8 Å². The minimum atomic E-state index is -3.11. The maximum absolute atomic E-state index is 12.2. The molecule has 0 saturated carbocycles. The fourth-order valence-electron chi connectivity index (χ4n) is 1.32. The minimum absolute atomic E-state index is 0.429. The van der Waals surface area contributed by atoms with Gasteiger partial charge in [0.05, 0.1) is 0 Å². The highest BCUT2D eigenvalue weighted by molar-refractivity contribution is 5.56. The molecule has 0 bridgehead atoms. The molecule has 0 aromatic heterocycles. The Morgan fingerprint density at radius 2 is 1.74 bits per heavy atom.